The van der Waals surface area contributed by atoms with E-state index >= 15 is 0 Å². The molecule has 15 heavy (non-hydrogen) atoms. The molecule has 0 spiro atoms. The fourth-order valence-electron chi connectivity index (χ4n) is 1.25. The van der Waals surface area contributed by atoms with Crippen molar-refractivity contribution in [3.05, 3.63) is 34.6 Å². The molecular weight excluding hydrogens is 215 g/mol. The highest BCUT2D eigenvalue weighted by Gasteiger charge is 2.13. The molecule has 0 N–H and O–H groups in total. The number of Topliss-reactive ketones (excluding diaryl/α,β-unsaturated/α-hetero) is 1. The third kappa shape index (κ3) is 3.31. The topological polar surface area (TPSA) is 17.1 Å². The fraction of sp³-hybridized carbons (Fsp3) is 0.417. The molecule has 1 unspecified atom stereocenters. The Hall–Kier alpha value is -0.890. The molecule has 1 rings (SSSR count). The van der Waals surface area contributed by atoms with Crippen LogP contribution in [-0.4, -0.2) is 5.78 Å². The van der Waals surface area contributed by atoms with Gasteiger partial charge in [0.05, 0.1) is 0 Å². The van der Waals surface area contributed by atoms with Gasteiger partial charge in [-0.3, -0.25) is 4.79 Å². The largest absolute Gasteiger partial charge is 0.299 e. The first-order valence-corrected chi connectivity index (χ1v) is 5.39. The molecule has 0 aromatic heterocycles. The van der Waals surface area contributed by atoms with E-state index in [2.05, 4.69) is 0 Å². The summed E-state index contributed by atoms with van der Waals surface area (Å²) >= 11 is 5.62. The summed E-state index contributed by atoms with van der Waals surface area (Å²) in [6.07, 6.45) is 0.937. The zero-order valence-corrected chi connectivity index (χ0v) is 9.64. The smallest absolute Gasteiger partial charge is 0.140 e. The van der Waals surface area contributed by atoms with Crippen molar-refractivity contribution in [3.63, 3.8) is 0 Å². The molecule has 0 radical (unpaired) electrons. The number of carbonyl (C=O) groups excluding carboxylic acids is 1. The van der Waals surface area contributed by atoms with Crippen LogP contribution in [0, 0.1) is 11.7 Å². The van der Waals surface area contributed by atoms with Crippen molar-refractivity contribution < 1.29 is 9.18 Å². The number of rotatable bonds is 4. The lowest BCUT2D eigenvalue weighted by Gasteiger charge is -2.08. The molecule has 0 bridgehead atoms. The third-order valence-corrected chi connectivity index (χ3v) is 2.78. The quantitative estimate of drug-likeness (QED) is 0.769. The number of hydrogen-bond acceptors (Lipinski definition) is 1. The monoisotopic (exact) mass is 228 g/mol. The molecule has 82 valence electrons. The molecule has 0 aliphatic carbocycles. The van der Waals surface area contributed by atoms with Gasteiger partial charge in [-0.1, -0.05) is 31.5 Å². The SMILES string of the molecule is CCC(C)C(=O)Cc1ccc(Cl)cc1F. The van der Waals surface area contributed by atoms with Gasteiger partial charge in [-0.25, -0.2) is 4.39 Å². The predicted molar refractivity (Wildman–Crippen MR) is 59.6 cm³/mol. The first-order chi connectivity index (χ1) is 7.04. The Labute approximate surface area is 94.3 Å². The number of ketones is 1. The van der Waals surface area contributed by atoms with Crippen LogP contribution in [0.4, 0.5) is 4.39 Å². The van der Waals surface area contributed by atoms with Crippen molar-refractivity contribution in [2.24, 2.45) is 5.92 Å². The zero-order valence-electron chi connectivity index (χ0n) is 8.89. The van der Waals surface area contributed by atoms with Gasteiger partial charge in [0.2, 0.25) is 0 Å². The summed E-state index contributed by atoms with van der Waals surface area (Å²) < 4.78 is 13.3. The molecule has 1 atom stereocenters. The zero-order chi connectivity index (χ0) is 11.4. The molecule has 1 aromatic rings. The molecule has 3 heteroatoms. The van der Waals surface area contributed by atoms with E-state index in [0.717, 1.165) is 6.42 Å². The van der Waals surface area contributed by atoms with E-state index < -0.39 is 5.82 Å². The van der Waals surface area contributed by atoms with E-state index in [9.17, 15) is 9.18 Å². The Kier molecular flexibility index (Phi) is 4.28. The molecule has 0 aliphatic heterocycles. The lowest BCUT2D eigenvalue weighted by atomic mass is 9.97. The normalized spacial score (nSPS) is 12.5. The predicted octanol–water partition coefficient (Wildman–Crippen LogP) is 3.64. The van der Waals surface area contributed by atoms with Crippen molar-refractivity contribution in [2.45, 2.75) is 26.7 Å². The van der Waals surface area contributed by atoms with E-state index in [1.54, 1.807) is 12.1 Å². The third-order valence-electron chi connectivity index (χ3n) is 2.54. The first kappa shape index (κ1) is 12.2. The minimum absolute atomic E-state index is 0.0138. The minimum Gasteiger partial charge on any atom is -0.299 e. The van der Waals surface area contributed by atoms with Gasteiger partial charge < -0.3 is 0 Å². The summed E-state index contributed by atoms with van der Waals surface area (Å²) in [5, 5.41) is 0.354. The van der Waals surface area contributed by atoms with Gasteiger partial charge in [0, 0.05) is 17.4 Å². The van der Waals surface area contributed by atoms with Gasteiger partial charge in [0.25, 0.3) is 0 Å². The average Bonchev–Trinajstić information content (AvgIpc) is 2.20. The van der Waals surface area contributed by atoms with E-state index in [1.807, 2.05) is 13.8 Å². The molecule has 0 saturated heterocycles. The van der Waals surface area contributed by atoms with Crippen molar-refractivity contribution in [1.82, 2.24) is 0 Å². The van der Waals surface area contributed by atoms with E-state index in [1.165, 1.54) is 6.07 Å². The van der Waals surface area contributed by atoms with Crippen LogP contribution in [0.3, 0.4) is 0 Å². The molecular formula is C12H14ClFO. The van der Waals surface area contributed by atoms with Crippen molar-refractivity contribution in [3.8, 4) is 0 Å². The molecule has 0 saturated carbocycles. The Morgan fingerprint density at radius 1 is 1.53 bits per heavy atom. The van der Waals surface area contributed by atoms with Crippen molar-refractivity contribution in [1.29, 1.82) is 0 Å². The maximum absolute atomic E-state index is 13.3. The van der Waals surface area contributed by atoms with Gasteiger partial charge in [-0.05, 0) is 24.1 Å². The summed E-state index contributed by atoms with van der Waals surface area (Å²) in [6, 6.07) is 4.41. The second-order valence-electron chi connectivity index (χ2n) is 3.69. The highest BCUT2D eigenvalue weighted by molar-refractivity contribution is 6.30. The molecule has 1 aromatic carbocycles. The number of benzene rings is 1. The first-order valence-electron chi connectivity index (χ1n) is 5.01. The number of halogens is 2. The standard InChI is InChI=1S/C12H14ClFO/c1-3-8(2)12(15)6-9-4-5-10(13)7-11(9)14/h4-5,7-8H,3,6H2,1-2H3. The summed E-state index contributed by atoms with van der Waals surface area (Å²) in [7, 11) is 0. The fourth-order valence-corrected chi connectivity index (χ4v) is 1.41. The van der Waals surface area contributed by atoms with Crippen LogP contribution in [-0.2, 0) is 11.2 Å². The van der Waals surface area contributed by atoms with Crippen LogP contribution in [0.2, 0.25) is 5.02 Å². The van der Waals surface area contributed by atoms with Crippen LogP contribution in [0.25, 0.3) is 0 Å². The van der Waals surface area contributed by atoms with Gasteiger partial charge >= 0.3 is 0 Å². The summed E-state index contributed by atoms with van der Waals surface area (Å²) in [5.41, 5.74) is 0.421. The summed E-state index contributed by atoms with van der Waals surface area (Å²) in [4.78, 5) is 11.6. The number of hydrogen-bond donors (Lipinski definition) is 0. The lowest BCUT2D eigenvalue weighted by molar-refractivity contribution is -0.121. The Morgan fingerprint density at radius 2 is 2.20 bits per heavy atom. The van der Waals surface area contributed by atoms with Crippen LogP contribution in [0.5, 0.6) is 0 Å². The molecule has 0 heterocycles. The second kappa shape index (κ2) is 5.26. The minimum atomic E-state index is -0.404. The molecule has 0 fully saturated rings. The molecule has 0 aliphatic rings. The summed E-state index contributed by atoms with van der Waals surface area (Å²) in [5.74, 6) is -0.349. The Bertz CT molecular complexity index is 363. The summed E-state index contributed by atoms with van der Waals surface area (Å²) in [6.45, 7) is 3.80. The van der Waals surface area contributed by atoms with Crippen LogP contribution < -0.4 is 0 Å². The Morgan fingerprint density at radius 3 is 2.73 bits per heavy atom. The molecule has 1 nitrogen and oxygen atoms in total. The van der Waals surface area contributed by atoms with E-state index in [-0.39, 0.29) is 18.1 Å². The Balaban J connectivity index is 2.77. The van der Waals surface area contributed by atoms with E-state index in [4.69, 9.17) is 11.6 Å². The van der Waals surface area contributed by atoms with Crippen molar-refractivity contribution in [2.75, 3.05) is 0 Å². The average molecular weight is 229 g/mol. The van der Waals surface area contributed by atoms with Crippen molar-refractivity contribution >= 4 is 17.4 Å². The van der Waals surface area contributed by atoms with Crippen LogP contribution in [0.1, 0.15) is 25.8 Å². The van der Waals surface area contributed by atoms with Crippen LogP contribution in [0.15, 0.2) is 18.2 Å². The number of carbonyl (C=O) groups is 1. The maximum Gasteiger partial charge on any atom is 0.140 e. The molecule has 0 amide bonds. The second-order valence-corrected chi connectivity index (χ2v) is 4.12. The highest BCUT2D eigenvalue weighted by Crippen LogP contribution is 2.17. The highest BCUT2D eigenvalue weighted by atomic mass is 35.5. The van der Waals surface area contributed by atoms with Gasteiger partial charge in [-0.2, -0.15) is 0 Å². The van der Waals surface area contributed by atoms with Crippen LogP contribution >= 0.6 is 11.6 Å². The maximum atomic E-state index is 13.3. The van der Waals surface area contributed by atoms with Gasteiger partial charge in [0.15, 0.2) is 0 Å². The lowest BCUT2D eigenvalue weighted by Crippen LogP contribution is -2.13. The van der Waals surface area contributed by atoms with Gasteiger partial charge in [0.1, 0.15) is 11.6 Å². The van der Waals surface area contributed by atoms with Gasteiger partial charge in [-0.15, -0.1) is 0 Å². The van der Waals surface area contributed by atoms with E-state index in [0.29, 0.717) is 10.6 Å².